The summed E-state index contributed by atoms with van der Waals surface area (Å²) < 4.78 is 6.28. The first-order valence-corrected chi connectivity index (χ1v) is 9.64. The van der Waals surface area contributed by atoms with Crippen LogP contribution in [0, 0.1) is 5.41 Å². The van der Waals surface area contributed by atoms with Gasteiger partial charge in [0, 0.05) is 6.92 Å². The van der Waals surface area contributed by atoms with Gasteiger partial charge in [-0.05, 0) is 23.1 Å². The zero-order chi connectivity index (χ0) is 21.3. The Balaban J connectivity index is 2.55. The molecule has 0 aliphatic carbocycles. The fourth-order valence-corrected chi connectivity index (χ4v) is 3.43. The molecule has 1 aliphatic heterocycles. The second-order valence-corrected chi connectivity index (χ2v) is 9.04. The van der Waals surface area contributed by atoms with E-state index in [-0.39, 0.29) is 30.6 Å². The molecule has 156 valence electrons. The largest absolute Gasteiger partial charge is 0.465 e. The number of aliphatic hydroxyl groups is 1. The molecule has 9 heteroatoms. The van der Waals surface area contributed by atoms with E-state index in [0.717, 1.165) is 4.90 Å². The van der Waals surface area contributed by atoms with Crippen LogP contribution in [0.3, 0.4) is 0 Å². The van der Waals surface area contributed by atoms with E-state index >= 15 is 0 Å². The van der Waals surface area contributed by atoms with Gasteiger partial charge in [-0.25, -0.2) is 4.79 Å². The molecule has 7 nitrogen and oxygen atoms in total. The van der Waals surface area contributed by atoms with Gasteiger partial charge in [0.1, 0.15) is 11.7 Å². The molecule has 3 N–H and O–H groups in total. The van der Waals surface area contributed by atoms with Gasteiger partial charge in [0.15, 0.2) is 0 Å². The molecule has 0 radical (unpaired) electrons. The van der Waals surface area contributed by atoms with Gasteiger partial charge >= 0.3 is 6.09 Å². The molecule has 3 atom stereocenters. The number of carbonyl (C=O) groups excluding carboxylic acids is 1. The Labute approximate surface area is 174 Å². The highest BCUT2D eigenvalue weighted by Gasteiger charge is 2.48. The van der Waals surface area contributed by atoms with Crippen molar-refractivity contribution in [1.82, 2.24) is 10.2 Å². The van der Waals surface area contributed by atoms with E-state index in [1.54, 1.807) is 18.2 Å². The number of nitrogens with zero attached hydrogens (tertiary/aromatic N) is 1. The zero-order valence-corrected chi connectivity index (χ0v) is 17.8. The molecule has 1 heterocycles. The number of hydrogen-bond donors (Lipinski definition) is 3. The molecule has 2 rings (SSSR count). The number of ether oxygens (including phenoxy) is 1. The van der Waals surface area contributed by atoms with Crippen LogP contribution in [0.5, 0.6) is 0 Å². The van der Waals surface area contributed by atoms with Crippen LogP contribution in [0.25, 0.3) is 0 Å². The summed E-state index contributed by atoms with van der Waals surface area (Å²) >= 11 is 12.2. The van der Waals surface area contributed by atoms with Crippen LogP contribution in [-0.4, -0.2) is 58.5 Å². The summed E-state index contributed by atoms with van der Waals surface area (Å²) in [6.07, 6.45) is -2.61. The first-order valence-electron chi connectivity index (χ1n) is 8.88. The topological polar surface area (TPSA) is 99.1 Å². The van der Waals surface area contributed by atoms with Gasteiger partial charge in [0.05, 0.1) is 35.8 Å². The minimum Gasteiger partial charge on any atom is -0.465 e. The molecule has 1 aromatic carbocycles. The van der Waals surface area contributed by atoms with E-state index < -0.39 is 29.3 Å². The molecular weight excluding hydrogens is 407 g/mol. The quantitative estimate of drug-likeness (QED) is 0.679. The first kappa shape index (κ1) is 22.7. The molecule has 2 amide bonds. The lowest BCUT2D eigenvalue weighted by Gasteiger charge is -2.37. The van der Waals surface area contributed by atoms with Gasteiger partial charge in [-0.1, -0.05) is 50.0 Å². The Morgan fingerprint density at radius 1 is 1.32 bits per heavy atom. The summed E-state index contributed by atoms with van der Waals surface area (Å²) in [7, 11) is 0. The van der Waals surface area contributed by atoms with Crippen molar-refractivity contribution in [3.8, 4) is 0 Å². The molecule has 0 saturated carbocycles. The number of benzene rings is 1. The van der Waals surface area contributed by atoms with Crippen LogP contribution in [0.2, 0.25) is 10.0 Å². The van der Waals surface area contributed by atoms with E-state index in [9.17, 15) is 19.8 Å². The molecule has 3 unspecified atom stereocenters. The molecular formula is C19H26Cl2N2O5. The molecule has 1 fully saturated rings. The van der Waals surface area contributed by atoms with Crippen molar-refractivity contribution >= 4 is 35.2 Å². The van der Waals surface area contributed by atoms with E-state index in [2.05, 4.69) is 5.32 Å². The van der Waals surface area contributed by atoms with E-state index in [0.29, 0.717) is 10.6 Å². The van der Waals surface area contributed by atoms with Crippen molar-refractivity contribution in [2.45, 2.75) is 45.5 Å². The molecule has 1 aromatic rings. The maximum absolute atomic E-state index is 11.8. The number of rotatable bonds is 3. The highest BCUT2D eigenvalue weighted by Crippen LogP contribution is 2.40. The molecule has 1 aliphatic rings. The standard InChI is InChI=1S/C19H26Cl2N2O5/c1-11(24)22-9-19(27)10-23(17(25)26)8-15(18(2,3)4)28-16(19)12-5-6-13(20)14(21)7-12/h5-7,15-16,27H,8-10H2,1-4H3,(H,22,24)(H,25,26). The molecule has 28 heavy (non-hydrogen) atoms. The van der Waals surface area contributed by atoms with Gasteiger partial charge in [-0.2, -0.15) is 0 Å². The second kappa shape index (κ2) is 8.45. The Hall–Kier alpha value is -1.54. The number of hydrogen-bond acceptors (Lipinski definition) is 4. The van der Waals surface area contributed by atoms with Crippen LogP contribution >= 0.6 is 23.2 Å². The predicted molar refractivity (Wildman–Crippen MR) is 107 cm³/mol. The normalized spacial score (nSPS) is 25.9. The van der Waals surface area contributed by atoms with Crippen molar-refractivity contribution in [2.75, 3.05) is 19.6 Å². The molecule has 1 saturated heterocycles. The number of β-amino-alcohol motifs (C(OH)–C–C–N with tert-alkyl or cyclic N) is 1. The third-order valence-electron chi connectivity index (χ3n) is 4.77. The van der Waals surface area contributed by atoms with Gasteiger partial charge in [-0.15, -0.1) is 0 Å². The van der Waals surface area contributed by atoms with Crippen LogP contribution in [0.15, 0.2) is 18.2 Å². The SMILES string of the molecule is CC(=O)NCC1(O)CN(C(=O)O)CC(C(C)(C)C)OC1c1ccc(Cl)c(Cl)c1. The van der Waals surface area contributed by atoms with Gasteiger partial charge in [-0.3, -0.25) is 4.79 Å². The minimum atomic E-state index is -1.71. The third kappa shape index (κ3) is 5.29. The maximum atomic E-state index is 11.8. The van der Waals surface area contributed by atoms with Gasteiger partial charge in [0.2, 0.25) is 5.91 Å². The highest BCUT2D eigenvalue weighted by molar-refractivity contribution is 6.42. The summed E-state index contributed by atoms with van der Waals surface area (Å²) in [5.41, 5.74) is -1.56. The summed E-state index contributed by atoms with van der Waals surface area (Å²) in [4.78, 5) is 24.4. The average molecular weight is 433 g/mol. The molecule has 0 bridgehead atoms. The number of carboxylic acid groups (broad SMARTS) is 1. The summed E-state index contributed by atoms with van der Waals surface area (Å²) in [5.74, 6) is -0.347. The van der Waals surface area contributed by atoms with Gasteiger partial charge in [0.25, 0.3) is 0 Å². The lowest BCUT2D eigenvalue weighted by atomic mass is 9.88. The smallest absolute Gasteiger partial charge is 0.407 e. The fraction of sp³-hybridized carbons (Fsp3) is 0.579. The average Bonchev–Trinajstić information content (AvgIpc) is 2.73. The lowest BCUT2D eigenvalue weighted by molar-refractivity contribution is -0.143. The second-order valence-electron chi connectivity index (χ2n) is 8.22. The number of carbonyl (C=O) groups is 2. The van der Waals surface area contributed by atoms with E-state index in [1.165, 1.54) is 6.92 Å². The molecule has 0 aromatic heterocycles. The Kier molecular flexibility index (Phi) is 6.86. The summed E-state index contributed by atoms with van der Waals surface area (Å²) in [5, 5.41) is 24.3. The fourth-order valence-electron chi connectivity index (χ4n) is 3.13. The Morgan fingerprint density at radius 2 is 1.96 bits per heavy atom. The van der Waals surface area contributed by atoms with Crippen molar-refractivity contribution in [3.05, 3.63) is 33.8 Å². The zero-order valence-electron chi connectivity index (χ0n) is 16.3. The molecule has 0 spiro atoms. The van der Waals surface area contributed by atoms with Crippen LogP contribution in [0.4, 0.5) is 4.79 Å². The number of halogens is 2. The van der Waals surface area contributed by atoms with Gasteiger partial charge < -0.3 is 25.2 Å². The Bertz CT molecular complexity index is 752. The highest BCUT2D eigenvalue weighted by atomic mass is 35.5. The van der Waals surface area contributed by atoms with Crippen molar-refractivity contribution in [3.63, 3.8) is 0 Å². The van der Waals surface area contributed by atoms with Crippen LogP contribution in [0.1, 0.15) is 39.4 Å². The monoisotopic (exact) mass is 432 g/mol. The van der Waals surface area contributed by atoms with Crippen LogP contribution < -0.4 is 5.32 Å². The Morgan fingerprint density at radius 3 is 2.46 bits per heavy atom. The van der Waals surface area contributed by atoms with Crippen molar-refractivity contribution in [2.24, 2.45) is 5.41 Å². The number of nitrogens with one attached hydrogen (secondary N) is 1. The van der Waals surface area contributed by atoms with Crippen molar-refractivity contribution in [1.29, 1.82) is 0 Å². The first-order chi connectivity index (χ1) is 12.8. The maximum Gasteiger partial charge on any atom is 0.407 e. The van der Waals surface area contributed by atoms with Crippen LogP contribution in [-0.2, 0) is 9.53 Å². The predicted octanol–water partition coefficient (Wildman–Crippen LogP) is 3.33. The lowest BCUT2D eigenvalue weighted by Crippen LogP contribution is -2.54. The van der Waals surface area contributed by atoms with E-state index in [4.69, 9.17) is 27.9 Å². The van der Waals surface area contributed by atoms with E-state index in [1.807, 2.05) is 20.8 Å². The van der Waals surface area contributed by atoms with Crippen molar-refractivity contribution < 1.29 is 24.5 Å². The summed E-state index contributed by atoms with van der Waals surface area (Å²) in [6.45, 7) is 6.78. The summed E-state index contributed by atoms with van der Waals surface area (Å²) in [6, 6.07) is 4.85. The minimum absolute atomic E-state index is 0.0824. The number of amides is 2. The third-order valence-corrected chi connectivity index (χ3v) is 5.50.